The van der Waals surface area contributed by atoms with E-state index in [1.54, 1.807) is 25.4 Å². The highest BCUT2D eigenvalue weighted by molar-refractivity contribution is 6.00. The summed E-state index contributed by atoms with van der Waals surface area (Å²) in [5.74, 6) is 0.239. The van der Waals surface area contributed by atoms with Crippen LogP contribution in [0.25, 0.3) is 11.6 Å². The number of nitrogens with two attached hydrogens (primary N) is 1. The molecule has 3 aromatic heterocycles. The lowest BCUT2D eigenvalue weighted by atomic mass is 10.2. The van der Waals surface area contributed by atoms with Gasteiger partial charge in [-0.1, -0.05) is 6.07 Å². The van der Waals surface area contributed by atoms with Crippen molar-refractivity contribution in [1.29, 1.82) is 0 Å². The molecule has 3 rings (SSSR count). The first-order valence-corrected chi connectivity index (χ1v) is 8.62. The molecule has 9 nitrogen and oxygen atoms in total. The number of amides is 1. The molecule has 0 fully saturated rings. The summed E-state index contributed by atoms with van der Waals surface area (Å²) in [4.78, 5) is 25.5. The van der Waals surface area contributed by atoms with Crippen molar-refractivity contribution in [3.63, 3.8) is 0 Å². The van der Waals surface area contributed by atoms with Gasteiger partial charge in [0.25, 0.3) is 5.91 Å². The fourth-order valence-corrected chi connectivity index (χ4v) is 2.47. The number of nitrogens with one attached hydrogen (secondary N) is 1. The molecule has 0 saturated heterocycles. The maximum atomic E-state index is 12.8. The summed E-state index contributed by atoms with van der Waals surface area (Å²) in [7, 11) is 1.55. The molecular weight excluding hydrogens is 362 g/mol. The molecule has 0 aliphatic rings. The molecule has 0 radical (unpaired) electrons. The zero-order valence-electron chi connectivity index (χ0n) is 15.6. The van der Waals surface area contributed by atoms with Gasteiger partial charge in [0.1, 0.15) is 18.0 Å². The monoisotopic (exact) mass is 383 g/mol. The summed E-state index contributed by atoms with van der Waals surface area (Å²) in [5, 5.41) is 2.79. The standard InChI is InChI=1S/C19H21N5O4/c1-12-5-3-7-21-13(12)11-22-18(25)15-16(20)23-17(14-6-4-8-27-14)24-19(15)28-10-9-26-2/h3-8H,9-11H2,1-2H3,(H,22,25)(H2,20,23,24). The first-order chi connectivity index (χ1) is 13.6. The zero-order valence-corrected chi connectivity index (χ0v) is 15.6. The molecule has 146 valence electrons. The Morgan fingerprint density at radius 1 is 1.25 bits per heavy atom. The topological polar surface area (TPSA) is 125 Å². The number of nitrogens with zero attached hydrogens (tertiary/aromatic N) is 3. The molecule has 3 aromatic rings. The van der Waals surface area contributed by atoms with Crippen LogP contribution in [0.2, 0.25) is 0 Å². The van der Waals surface area contributed by atoms with E-state index in [0.29, 0.717) is 12.4 Å². The predicted molar refractivity (Wildman–Crippen MR) is 102 cm³/mol. The fourth-order valence-electron chi connectivity index (χ4n) is 2.47. The molecule has 3 heterocycles. The number of furan rings is 1. The lowest BCUT2D eigenvalue weighted by Gasteiger charge is -2.13. The van der Waals surface area contributed by atoms with Gasteiger partial charge in [-0.05, 0) is 30.7 Å². The molecule has 0 bridgehead atoms. The van der Waals surface area contributed by atoms with Crippen LogP contribution in [0.4, 0.5) is 5.82 Å². The van der Waals surface area contributed by atoms with Crippen LogP contribution in [-0.4, -0.2) is 41.2 Å². The largest absolute Gasteiger partial charge is 0.474 e. The molecule has 0 unspecified atom stereocenters. The number of pyridine rings is 1. The summed E-state index contributed by atoms with van der Waals surface area (Å²) < 4.78 is 15.9. The van der Waals surface area contributed by atoms with Gasteiger partial charge < -0.3 is 24.9 Å². The van der Waals surface area contributed by atoms with Crippen LogP contribution in [0, 0.1) is 6.92 Å². The van der Waals surface area contributed by atoms with Gasteiger partial charge in [-0.3, -0.25) is 9.78 Å². The Morgan fingerprint density at radius 2 is 2.11 bits per heavy atom. The average Bonchev–Trinajstić information content (AvgIpc) is 3.22. The second-order valence-corrected chi connectivity index (χ2v) is 5.88. The van der Waals surface area contributed by atoms with E-state index in [4.69, 9.17) is 19.6 Å². The molecule has 9 heteroatoms. The number of anilines is 1. The van der Waals surface area contributed by atoms with Crippen LogP contribution in [-0.2, 0) is 11.3 Å². The van der Waals surface area contributed by atoms with Crippen molar-refractivity contribution in [3.8, 4) is 17.5 Å². The van der Waals surface area contributed by atoms with Crippen LogP contribution in [0.1, 0.15) is 21.6 Å². The third-order valence-electron chi connectivity index (χ3n) is 3.93. The highest BCUT2D eigenvalue weighted by atomic mass is 16.5. The van der Waals surface area contributed by atoms with E-state index in [-0.39, 0.29) is 36.2 Å². The van der Waals surface area contributed by atoms with Crippen LogP contribution < -0.4 is 15.8 Å². The van der Waals surface area contributed by atoms with E-state index >= 15 is 0 Å². The first-order valence-electron chi connectivity index (χ1n) is 8.62. The number of carbonyl (C=O) groups is 1. The quantitative estimate of drug-likeness (QED) is 0.566. The molecule has 0 aliphatic carbocycles. The van der Waals surface area contributed by atoms with Crippen molar-refractivity contribution in [1.82, 2.24) is 20.3 Å². The Morgan fingerprint density at radius 3 is 2.82 bits per heavy atom. The van der Waals surface area contributed by atoms with Gasteiger partial charge >= 0.3 is 0 Å². The van der Waals surface area contributed by atoms with Crippen LogP contribution in [0.3, 0.4) is 0 Å². The number of hydrogen-bond acceptors (Lipinski definition) is 8. The molecule has 1 amide bonds. The number of carbonyl (C=O) groups excluding carboxylic acids is 1. The molecule has 0 aromatic carbocycles. The third-order valence-corrected chi connectivity index (χ3v) is 3.93. The Balaban J connectivity index is 1.87. The van der Waals surface area contributed by atoms with Crippen molar-refractivity contribution in [2.45, 2.75) is 13.5 Å². The fraction of sp³-hybridized carbons (Fsp3) is 0.263. The lowest BCUT2D eigenvalue weighted by Crippen LogP contribution is -2.26. The van der Waals surface area contributed by atoms with Gasteiger partial charge in [0, 0.05) is 13.3 Å². The van der Waals surface area contributed by atoms with Gasteiger partial charge in [0.15, 0.2) is 5.76 Å². The minimum atomic E-state index is -0.457. The van der Waals surface area contributed by atoms with Gasteiger partial charge in [-0.15, -0.1) is 0 Å². The molecule has 3 N–H and O–H groups in total. The normalized spacial score (nSPS) is 10.6. The van der Waals surface area contributed by atoms with E-state index in [1.165, 1.54) is 6.26 Å². The van der Waals surface area contributed by atoms with Crippen LogP contribution in [0.15, 0.2) is 41.1 Å². The van der Waals surface area contributed by atoms with Crippen LogP contribution >= 0.6 is 0 Å². The average molecular weight is 383 g/mol. The Bertz CT molecular complexity index is 944. The maximum absolute atomic E-state index is 12.8. The third kappa shape index (κ3) is 4.44. The van der Waals surface area contributed by atoms with Crippen molar-refractivity contribution in [3.05, 3.63) is 53.5 Å². The number of ether oxygens (including phenoxy) is 2. The highest BCUT2D eigenvalue weighted by Crippen LogP contribution is 2.26. The minimum Gasteiger partial charge on any atom is -0.474 e. The van der Waals surface area contributed by atoms with Crippen molar-refractivity contribution >= 4 is 11.7 Å². The second-order valence-electron chi connectivity index (χ2n) is 5.88. The molecule has 0 spiro atoms. The van der Waals surface area contributed by atoms with E-state index in [9.17, 15) is 4.79 Å². The van der Waals surface area contributed by atoms with E-state index < -0.39 is 5.91 Å². The summed E-state index contributed by atoms with van der Waals surface area (Å²) in [6, 6.07) is 7.15. The molecule has 0 atom stereocenters. The van der Waals surface area contributed by atoms with E-state index in [2.05, 4.69) is 20.3 Å². The number of aryl methyl sites for hydroxylation is 1. The van der Waals surface area contributed by atoms with Gasteiger partial charge in [0.05, 0.1) is 25.1 Å². The molecular formula is C19H21N5O4. The SMILES string of the molecule is COCCOc1nc(-c2ccco2)nc(N)c1C(=O)NCc1ncccc1C. The van der Waals surface area contributed by atoms with E-state index in [0.717, 1.165) is 11.3 Å². The van der Waals surface area contributed by atoms with Crippen molar-refractivity contribution in [2.75, 3.05) is 26.1 Å². The van der Waals surface area contributed by atoms with Crippen molar-refractivity contribution < 1.29 is 18.7 Å². The smallest absolute Gasteiger partial charge is 0.260 e. The van der Waals surface area contributed by atoms with Gasteiger partial charge in [0.2, 0.25) is 11.7 Å². The molecule has 0 aliphatic heterocycles. The van der Waals surface area contributed by atoms with Gasteiger partial charge in [-0.2, -0.15) is 4.98 Å². The molecule has 0 saturated carbocycles. The lowest BCUT2D eigenvalue weighted by molar-refractivity contribution is 0.0941. The number of hydrogen-bond donors (Lipinski definition) is 2. The summed E-state index contributed by atoms with van der Waals surface area (Å²) in [6.07, 6.45) is 3.17. The van der Waals surface area contributed by atoms with Gasteiger partial charge in [-0.25, -0.2) is 4.98 Å². The summed E-state index contributed by atoms with van der Waals surface area (Å²) >= 11 is 0. The molecule has 28 heavy (non-hydrogen) atoms. The number of nitrogen functional groups attached to an aromatic ring is 1. The maximum Gasteiger partial charge on any atom is 0.260 e. The summed E-state index contributed by atoms with van der Waals surface area (Å²) in [5.41, 5.74) is 7.83. The highest BCUT2D eigenvalue weighted by Gasteiger charge is 2.22. The van der Waals surface area contributed by atoms with Crippen LogP contribution in [0.5, 0.6) is 5.88 Å². The number of aromatic nitrogens is 3. The van der Waals surface area contributed by atoms with E-state index in [1.807, 2.05) is 19.1 Å². The number of methoxy groups -OCH3 is 1. The second kappa shape index (κ2) is 8.96. The summed E-state index contributed by atoms with van der Waals surface area (Å²) in [6.45, 7) is 2.68. The Hall–Kier alpha value is -3.46. The Labute approximate surface area is 161 Å². The Kier molecular flexibility index (Phi) is 6.18. The first kappa shape index (κ1) is 19.3. The minimum absolute atomic E-state index is 0.0101. The predicted octanol–water partition coefficient (Wildman–Crippen LogP) is 1.98. The number of rotatable bonds is 8. The zero-order chi connectivity index (χ0) is 19.9. The van der Waals surface area contributed by atoms with Crippen molar-refractivity contribution in [2.24, 2.45) is 0 Å².